The van der Waals surface area contributed by atoms with E-state index in [-0.39, 0.29) is 10.6 Å². The molecule has 0 fully saturated rings. The highest BCUT2D eigenvalue weighted by Gasteiger charge is 2.17. The van der Waals surface area contributed by atoms with Gasteiger partial charge in [-0.1, -0.05) is 11.6 Å². The van der Waals surface area contributed by atoms with Crippen LogP contribution in [0.5, 0.6) is 0 Å². The van der Waals surface area contributed by atoms with E-state index in [1.165, 1.54) is 6.92 Å². The number of carboxylic acid groups (broad SMARTS) is 1. The molecular formula is C9H7ClF2O2. The number of benzene rings is 1. The van der Waals surface area contributed by atoms with Crippen molar-refractivity contribution in [2.45, 2.75) is 13.3 Å². The number of hydrogen-bond donors (Lipinski definition) is 1. The summed E-state index contributed by atoms with van der Waals surface area (Å²) in [6.07, 6.45) is -0.709. The SMILES string of the molecule is Cc1cc(Cl)c(F)c(CC(=O)O)c1F. The smallest absolute Gasteiger partial charge is 0.308 e. The Balaban J connectivity index is 3.31. The van der Waals surface area contributed by atoms with Crippen LogP contribution < -0.4 is 0 Å². The Morgan fingerprint density at radius 3 is 2.57 bits per heavy atom. The summed E-state index contributed by atoms with van der Waals surface area (Å²) in [5, 5.41) is 8.16. The van der Waals surface area contributed by atoms with Gasteiger partial charge in [-0.15, -0.1) is 0 Å². The molecule has 0 bridgehead atoms. The van der Waals surface area contributed by atoms with Gasteiger partial charge in [0.15, 0.2) is 0 Å². The monoisotopic (exact) mass is 220 g/mol. The van der Waals surface area contributed by atoms with Crippen molar-refractivity contribution in [2.24, 2.45) is 0 Å². The van der Waals surface area contributed by atoms with Crippen LogP contribution in [-0.2, 0) is 11.2 Å². The van der Waals surface area contributed by atoms with Gasteiger partial charge < -0.3 is 5.11 Å². The first-order valence-corrected chi connectivity index (χ1v) is 4.16. The third-order valence-corrected chi connectivity index (χ3v) is 2.03. The van der Waals surface area contributed by atoms with E-state index in [0.717, 1.165) is 6.07 Å². The number of carbonyl (C=O) groups is 1. The minimum Gasteiger partial charge on any atom is -0.481 e. The van der Waals surface area contributed by atoms with E-state index in [2.05, 4.69) is 0 Å². The molecule has 76 valence electrons. The molecule has 2 nitrogen and oxygen atoms in total. The van der Waals surface area contributed by atoms with E-state index < -0.39 is 29.6 Å². The van der Waals surface area contributed by atoms with Gasteiger partial charge in [-0.3, -0.25) is 4.79 Å². The second-order valence-corrected chi connectivity index (χ2v) is 3.26. The summed E-state index contributed by atoms with van der Waals surface area (Å²) in [7, 11) is 0. The fourth-order valence-corrected chi connectivity index (χ4v) is 1.38. The summed E-state index contributed by atoms with van der Waals surface area (Å²) in [6.45, 7) is 1.39. The van der Waals surface area contributed by atoms with Gasteiger partial charge in [0.2, 0.25) is 0 Å². The highest BCUT2D eigenvalue weighted by molar-refractivity contribution is 6.30. The van der Waals surface area contributed by atoms with Crippen molar-refractivity contribution in [1.29, 1.82) is 0 Å². The number of rotatable bonds is 2. The van der Waals surface area contributed by atoms with Crippen molar-refractivity contribution in [3.63, 3.8) is 0 Å². The van der Waals surface area contributed by atoms with Gasteiger partial charge in [-0.25, -0.2) is 8.78 Å². The minimum atomic E-state index is -1.30. The second-order valence-electron chi connectivity index (χ2n) is 2.85. The molecule has 1 aromatic carbocycles. The Labute approximate surface area is 84.1 Å². The Hall–Kier alpha value is -1.16. The van der Waals surface area contributed by atoms with Crippen LogP contribution in [-0.4, -0.2) is 11.1 Å². The van der Waals surface area contributed by atoms with Gasteiger partial charge in [-0.05, 0) is 18.6 Å². The Morgan fingerprint density at radius 1 is 1.50 bits per heavy atom. The molecule has 0 saturated heterocycles. The summed E-state index contributed by atoms with van der Waals surface area (Å²) in [6, 6.07) is 1.12. The highest BCUT2D eigenvalue weighted by Crippen LogP contribution is 2.24. The van der Waals surface area contributed by atoms with Crippen molar-refractivity contribution in [3.05, 3.63) is 33.9 Å². The van der Waals surface area contributed by atoms with Crippen molar-refractivity contribution >= 4 is 17.6 Å². The topological polar surface area (TPSA) is 37.3 Å². The average Bonchev–Trinajstić information content (AvgIpc) is 2.09. The molecule has 0 spiro atoms. The van der Waals surface area contributed by atoms with Crippen LogP contribution in [0.25, 0.3) is 0 Å². The third-order valence-electron chi connectivity index (χ3n) is 1.76. The van der Waals surface area contributed by atoms with Crippen LogP contribution in [0.2, 0.25) is 5.02 Å². The summed E-state index contributed by atoms with van der Waals surface area (Å²) in [5.74, 6) is -3.16. The molecule has 14 heavy (non-hydrogen) atoms. The fraction of sp³-hybridized carbons (Fsp3) is 0.222. The molecule has 0 unspecified atom stereocenters. The van der Waals surface area contributed by atoms with E-state index in [9.17, 15) is 13.6 Å². The van der Waals surface area contributed by atoms with Crippen molar-refractivity contribution in [2.75, 3.05) is 0 Å². The van der Waals surface area contributed by atoms with Gasteiger partial charge in [0.1, 0.15) is 11.6 Å². The molecule has 0 radical (unpaired) electrons. The van der Waals surface area contributed by atoms with Crippen LogP contribution in [0, 0.1) is 18.6 Å². The van der Waals surface area contributed by atoms with E-state index in [4.69, 9.17) is 16.7 Å². The van der Waals surface area contributed by atoms with E-state index >= 15 is 0 Å². The largest absolute Gasteiger partial charge is 0.481 e. The van der Waals surface area contributed by atoms with Crippen LogP contribution >= 0.6 is 11.6 Å². The van der Waals surface area contributed by atoms with Gasteiger partial charge in [0, 0.05) is 5.56 Å². The molecule has 0 saturated carbocycles. The lowest BCUT2D eigenvalue weighted by Gasteiger charge is -2.06. The zero-order valence-corrected chi connectivity index (χ0v) is 8.03. The van der Waals surface area contributed by atoms with E-state index in [1.807, 2.05) is 0 Å². The summed E-state index contributed by atoms with van der Waals surface area (Å²) < 4.78 is 26.4. The van der Waals surface area contributed by atoms with Crippen LogP contribution in [0.15, 0.2) is 6.07 Å². The molecule has 1 N–H and O–H groups in total. The number of aliphatic carboxylic acids is 1. The van der Waals surface area contributed by atoms with Gasteiger partial charge in [-0.2, -0.15) is 0 Å². The zero-order valence-electron chi connectivity index (χ0n) is 7.27. The lowest BCUT2D eigenvalue weighted by molar-refractivity contribution is -0.136. The Kier molecular flexibility index (Phi) is 3.06. The molecule has 0 aliphatic heterocycles. The van der Waals surface area contributed by atoms with Crippen LogP contribution in [0.1, 0.15) is 11.1 Å². The Bertz CT molecular complexity index is 365. The normalized spacial score (nSPS) is 10.3. The lowest BCUT2D eigenvalue weighted by Crippen LogP contribution is -2.07. The molecule has 0 heterocycles. The number of carboxylic acids is 1. The van der Waals surface area contributed by atoms with E-state index in [0.29, 0.717) is 0 Å². The molecular weight excluding hydrogens is 214 g/mol. The first-order chi connectivity index (χ1) is 6.43. The molecule has 0 aliphatic carbocycles. The second kappa shape index (κ2) is 3.92. The quantitative estimate of drug-likeness (QED) is 0.778. The van der Waals surface area contributed by atoms with Crippen molar-refractivity contribution in [1.82, 2.24) is 0 Å². The standard InChI is InChI=1S/C9H7ClF2O2/c1-4-2-6(10)9(12)5(8(4)11)3-7(13)14/h2H,3H2,1H3,(H,13,14). The summed E-state index contributed by atoms with van der Waals surface area (Å²) in [4.78, 5) is 10.3. The number of hydrogen-bond acceptors (Lipinski definition) is 1. The predicted octanol–water partition coefficient (Wildman–Crippen LogP) is 2.55. The first-order valence-electron chi connectivity index (χ1n) is 3.78. The van der Waals surface area contributed by atoms with Crippen LogP contribution in [0.4, 0.5) is 8.78 Å². The van der Waals surface area contributed by atoms with Gasteiger partial charge in [0.25, 0.3) is 0 Å². The summed E-state index contributed by atoms with van der Waals surface area (Å²) >= 11 is 5.44. The first kappa shape index (κ1) is 10.9. The third kappa shape index (κ3) is 2.01. The average molecular weight is 221 g/mol. The van der Waals surface area contributed by atoms with Crippen molar-refractivity contribution in [3.8, 4) is 0 Å². The van der Waals surface area contributed by atoms with Gasteiger partial charge in [0.05, 0.1) is 11.4 Å². The predicted molar refractivity (Wildman–Crippen MR) is 47.4 cm³/mol. The maximum Gasteiger partial charge on any atom is 0.308 e. The van der Waals surface area contributed by atoms with Gasteiger partial charge >= 0.3 is 5.97 Å². The fourth-order valence-electron chi connectivity index (χ4n) is 1.10. The number of halogens is 3. The van der Waals surface area contributed by atoms with Crippen LogP contribution in [0.3, 0.4) is 0 Å². The maximum absolute atomic E-state index is 13.2. The maximum atomic E-state index is 13.2. The molecule has 0 atom stereocenters. The molecule has 0 aromatic heterocycles. The molecule has 1 aromatic rings. The molecule has 1 rings (SSSR count). The molecule has 5 heteroatoms. The zero-order chi connectivity index (χ0) is 10.9. The van der Waals surface area contributed by atoms with E-state index in [1.54, 1.807) is 0 Å². The lowest BCUT2D eigenvalue weighted by atomic mass is 10.1. The minimum absolute atomic E-state index is 0.132. The number of aryl methyl sites for hydroxylation is 1. The highest BCUT2D eigenvalue weighted by atomic mass is 35.5. The summed E-state index contributed by atoms with van der Waals surface area (Å²) in [5.41, 5.74) is -0.366. The molecule has 0 aliphatic rings. The molecule has 0 amide bonds. The Morgan fingerprint density at radius 2 is 2.07 bits per heavy atom. The van der Waals surface area contributed by atoms with Crippen molar-refractivity contribution < 1.29 is 18.7 Å².